The van der Waals surface area contributed by atoms with Crippen LogP contribution in [-0.2, 0) is 9.59 Å². The molecule has 0 unspecified atom stereocenters. The van der Waals surface area contributed by atoms with E-state index in [1.807, 2.05) is 5.32 Å². The van der Waals surface area contributed by atoms with Crippen LogP contribution in [0.2, 0.25) is 0 Å². The SMILES string of the molecule is CCC(=O)N[C@@H]1C(=O)NC(=O)NC1=NC[C@H](O)[C@H](O)[C@H](O)CO. The quantitative estimate of drug-likeness (QED) is 0.249. The summed E-state index contributed by atoms with van der Waals surface area (Å²) in [7, 11) is 0. The monoisotopic (exact) mass is 332 g/mol. The van der Waals surface area contributed by atoms with Gasteiger partial charge in [0.15, 0.2) is 6.04 Å². The van der Waals surface area contributed by atoms with Crippen LogP contribution in [0.4, 0.5) is 4.79 Å². The van der Waals surface area contributed by atoms with E-state index in [9.17, 15) is 29.7 Å². The number of aliphatic hydroxyl groups excluding tert-OH is 4. The lowest BCUT2D eigenvalue weighted by Gasteiger charge is -2.26. The number of amidine groups is 1. The first kappa shape index (κ1) is 19.0. The Hall–Kier alpha value is -2.08. The van der Waals surface area contributed by atoms with Crippen molar-refractivity contribution in [1.29, 1.82) is 0 Å². The van der Waals surface area contributed by atoms with Gasteiger partial charge in [0, 0.05) is 6.42 Å². The molecule has 1 saturated heterocycles. The number of carbonyl (C=O) groups is 3. The predicted octanol–water partition coefficient (Wildman–Crippen LogP) is -3.81. The van der Waals surface area contributed by atoms with E-state index in [2.05, 4.69) is 15.6 Å². The van der Waals surface area contributed by atoms with Crippen molar-refractivity contribution >= 4 is 23.7 Å². The number of hydrogen-bond acceptors (Lipinski definition) is 8. The third kappa shape index (κ3) is 5.25. The lowest BCUT2D eigenvalue weighted by atomic mass is 10.1. The van der Waals surface area contributed by atoms with Gasteiger partial charge in [-0.25, -0.2) is 4.79 Å². The van der Waals surface area contributed by atoms with Crippen LogP contribution in [-0.4, -0.2) is 81.6 Å². The molecule has 0 aromatic rings. The van der Waals surface area contributed by atoms with Gasteiger partial charge in [-0.15, -0.1) is 0 Å². The number of urea groups is 1. The van der Waals surface area contributed by atoms with Crippen molar-refractivity contribution in [3.63, 3.8) is 0 Å². The Labute approximate surface area is 131 Å². The van der Waals surface area contributed by atoms with E-state index in [1.54, 1.807) is 6.92 Å². The van der Waals surface area contributed by atoms with Gasteiger partial charge in [0.2, 0.25) is 5.91 Å². The second-order valence-corrected chi connectivity index (χ2v) is 4.83. The summed E-state index contributed by atoms with van der Waals surface area (Å²) in [5, 5.41) is 43.6. The number of imide groups is 1. The lowest BCUT2D eigenvalue weighted by molar-refractivity contribution is -0.127. The van der Waals surface area contributed by atoms with E-state index in [0.717, 1.165) is 0 Å². The minimum Gasteiger partial charge on any atom is -0.394 e. The van der Waals surface area contributed by atoms with Crippen molar-refractivity contribution in [2.24, 2.45) is 4.99 Å². The van der Waals surface area contributed by atoms with E-state index in [-0.39, 0.29) is 12.3 Å². The summed E-state index contributed by atoms with van der Waals surface area (Å²) in [6.07, 6.45) is -4.67. The van der Waals surface area contributed by atoms with Crippen LogP contribution in [0.3, 0.4) is 0 Å². The van der Waals surface area contributed by atoms with Crippen LogP contribution in [0, 0.1) is 0 Å². The van der Waals surface area contributed by atoms with Gasteiger partial charge in [-0.1, -0.05) is 6.92 Å². The molecule has 0 aliphatic carbocycles. The molecule has 130 valence electrons. The zero-order valence-corrected chi connectivity index (χ0v) is 12.4. The number of hydrogen-bond donors (Lipinski definition) is 7. The van der Waals surface area contributed by atoms with Crippen LogP contribution in [0.1, 0.15) is 13.3 Å². The molecule has 11 heteroatoms. The Kier molecular flexibility index (Phi) is 7.03. The average Bonchev–Trinajstić information content (AvgIpc) is 2.53. The van der Waals surface area contributed by atoms with Crippen molar-refractivity contribution in [2.75, 3.05) is 13.2 Å². The highest BCUT2D eigenvalue weighted by molar-refractivity contribution is 6.21. The number of amides is 4. The molecule has 0 spiro atoms. The van der Waals surface area contributed by atoms with Crippen molar-refractivity contribution < 1.29 is 34.8 Å². The Morgan fingerprint density at radius 3 is 2.48 bits per heavy atom. The van der Waals surface area contributed by atoms with Crippen molar-refractivity contribution in [3.05, 3.63) is 0 Å². The van der Waals surface area contributed by atoms with E-state index >= 15 is 0 Å². The third-order valence-corrected chi connectivity index (χ3v) is 3.06. The van der Waals surface area contributed by atoms with E-state index in [1.165, 1.54) is 0 Å². The first-order valence-corrected chi connectivity index (χ1v) is 6.90. The fourth-order valence-electron chi connectivity index (χ4n) is 1.72. The largest absolute Gasteiger partial charge is 0.394 e. The highest BCUT2D eigenvalue weighted by Crippen LogP contribution is 2.03. The zero-order chi connectivity index (χ0) is 17.6. The van der Waals surface area contributed by atoms with Gasteiger partial charge in [0.05, 0.1) is 13.2 Å². The van der Waals surface area contributed by atoms with Gasteiger partial charge < -0.3 is 25.7 Å². The van der Waals surface area contributed by atoms with Gasteiger partial charge in [0.25, 0.3) is 5.91 Å². The molecule has 1 aliphatic heterocycles. The van der Waals surface area contributed by atoms with E-state index < -0.39 is 55.4 Å². The summed E-state index contributed by atoms with van der Waals surface area (Å²) in [6, 6.07) is -2.09. The molecule has 1 rings (SSSR count). The topological polar surface area (TPSA) is 181 Å². The molecular formula is C12H20N4O7. The standard InChI is InChI=1S/C12H20N4O7/c1-2-7(20)14-8-10(15-12(23)16-11(8)22)13-3-5(18)9(21)6(19)4-17/h5-6,8-9,17-19,21H,2-4H2,1H3,(H,14,20)(H2,13,15,16,22,23)/t5-,6+,8-,9-/m0/s1. The summed E-state index contributed by atoms with van der Waals surface area (Å²) >= 11 is 0. The zero-order valence-electron chi connectivity index (χ0n) is 12.4. The molecule has 0 aromatic heterocycles. The van der Waals surface area contributed by atoms with Gasteiger partial charge in [0.1, 0.15) is 24.1 Å². The first-order valence-electron chi connectivity index (χ1n) is 6.90. The number of nitrogens with one attached hydrogen (secondary N) is 3. The Morgan fingerprint density at radius 1 is 1.26 bits per heavy atom. The summed E-state index contributed by atoms with van der Waals surface area (Å²) in [4.78, 5) is 38.3. The van der Waals surface area contributed by atoms with Crippen LogP contribution in [0.25, 0.3) is 0 Å². The second-order valence-electron chi connectivity index (χ2n) is 4.83. The molecule has 1 heterocycles. The predicted molar refractivity (Wildman–Crippen MR) is 76.3 cm³/mol. The first-order chi connectivity index (χ1) is 10.8. The second kappa shape index (κ2) is 8.53. The summed E-state index contributed by atoms with van der Waals surface area (Å²) in [6.45, 7) is 0.338. The fraction of sp³-hybridized carbons (Fsp3) is 0.667. The van der Waals surface area contributed by atoms with Crippen LogP contribution in [0.15, 0.2) is 4.99 Å². The maximum atomic E-state index is 11.7. The molecule has 1 fully saturated rings. The maximum Gasteiger partial charge on any atom is 0.326 e. The number of rotatable bonds is 7. The van der Waals surface area contributed by atoms with Crippen LogP contribution >= 0.6 is 0 Å². The lowest BCUT2D eigenvalue weighted by Crippen LogP contribution is -2.64. The molecular weight excluding hydrogens is 312 g/mol. The number of carbonyl (C=O) groups excluding carboxylic acids is 3. The highest BCUT2D eigenvalue weighted by Gasteiger charge is 2.34. The molecule has 0 bridgehead atoms. The molecule has 23 heavy (non-hydrogen) atoms. The van der Waals surface area contributed by atoms with E-state index in [0.29, 0.717) is 0 Å². The molecule has 0 radical (unpaired) electrons. The van der Waals surface area contributed by atoms with Gasteiger partial charge in [-0.05, 0) is 0 Å². The average molecular weight is 332 g/mol. The molecule has 1 aliphatic rings. The molecule has 0 aromatic carbocycles. The van der Waals surface area contributed by atoms with Crippen LogP contribution < -0.4 is 16.0 Å². The minimum absolute atomic E-state index is 0.106. The van der Waals surface area contributed by atoms with Gasteiger partial charge in [-0.2, -0.15) is 0 Å². The van der Waals surface area contributed by atoms with Crippen molar-refractivity contribution in [2.45, 2.75) is 37.7 Å². The maximum absolute atomic E-state index is 11.7. The molecule has 7 N–H and O–H groups in total. The number of aliphatic hydroxyl groups is 4. The van der Waals surface area contributed by atoms with Gasteiger partial charge in [-0.3, -0.25) is 25.2 Å². The van der Waals surface area contributed by atoms with Gasteiger partial charge >= 0.3 is 6.03 Å². The molecule has 4 amide bonds. The minimum atomic E-state index is -1.67. The summed E-state index contributed by atoms with van der Waals surface area (Å²) in [5.74, 6) is -1.45. The van der Waals surface area contributed by atoms with Crippen LogP contribution in [0.5, 0.6) is 0 Å². The third-order valence-electron chi connectivity index (χ3n) is 3.06. The molecule has 4 atom stereocenters. The van der Waals surface area contributed by atoms with Crippen molar-refractivity contribution in [1.82, 2.24) is 16.0 Å². The fourth-order valence-corrected chi connectivity index (χ4v) is 1.72. The Bertz CT molecular complexity index is 496. The number of nitrogens with zero attached hydrogens (tertiary/aromatic N) is 1. The highest BCUT2D eigenvalue weighted by atomic mass is 16.4. The summed E-state index contributed by atoms with van der Waals surface area (Å²) in [5.41, 5.74) is 0. The van der Waals surface area contributed by atoms with Crippen molar-refractivity contribution in [3.8, 4) is 0 Å². The molecule has 11 nitrogen and oxygen atoms in total. The smallest absolute Gasteiger partial charge is 0.326 e. The normalized spacial score (nSPS) is 23.7. The number of aliphatic imine (C=N–C) groups is 1. The van der Waals surface area contributed by atoms with E-state index in [4.69, 9.17) is 5.11 Å². The Balaban J connectivity index is 2.83. The summed E-state index contributed by atoms with van der Waals surface area (Å²) < 4.78 is 0. The molecule has 0 saturated carbocycles. The Morgan fingerprint density at radius 2 is 1.91 bits per heavy atom.